The fraction of sp³-hybridized carbons (Fsp3) is 0.211. The Balaban J connectivity index is 1.69. The number of rotatable bonds is 3. The van der Waals surface area contributed by atoms with Crippen LogP contribution in [0.5, 0.6) is 0 Å². The topological polar surface area (TPSA) is 23.6 Å². The van der Waals surface area contributed by atoms with E-state index in [-0.39, 0.29) is 32.1 Å². The molecule has 0 radical (unpaired) electrons. The minimum absolute atomic E-state index is 0.0387. The molecule has 154 valence electrons. The fourth-order valence-electron chi connectivity index (χ4n) is 2.92. The van der Waals surface area contributed by atoms with Crippen molar-refractivity contribution in [1.29, 1.82) is 0 Å². The van der Waals surface area contributed by atoms with Crippen molar-refractivity contribution < 1.29 is 26.7 Å². The third-order valence-corrected chi connectivity index (χ3v) is 5.02. The average Bonchev–Trinajstić information content (AvgIpc) is 2.70. The van der Waals surface area contributed by atoms with Crippen LogP contribution in [0.1, 0.15) is 5.56 Å². The number of carbonyl (C=O) groups excluding carboxylic acids is 1. The van der Waals surface area contributed by atoms with Gasteiger partial charge in [-0.2, -0.15) is 0 Å². The van der Waals surface area contributed by atoms with Crippen molar-refractivity contribution >= 4 is 40.9 Å². The zero-order valence-electron chi connectivity index (χ0n) is 14.7. The van der Waals surface area contributed by atoms with E-state index in [1.807, 2.05) is 0 Å². The molecule has 0 aliphatic carbocycles. The van der Waals surface area contributed by atoms with E-state index in [0.29, 0.717) is 15.6 Å². The van der Waals surface area contributed by atoms with Crippen molar-refractivity contribution in [2.75, 3.05) is 31.1 Å². The Morgan fingerprint density at radius 1 is 0.862 bits per heavy atom. The lowest BCUT2D eigenvalue weighted by Crippen LogP contribution is -2.49. The van der Waals surface area contributed by atoms with Gasteiger partial charge in [-0.3, -0.25) is 4.79 Å². The van der Waals surface area contributed by atoms with Gasteiger partial charge >= 0.3 is 0 Å². The molecule has 0 aromatic heterocycles. The fourth-order valence-corrected chi connectivity index (χ4v) is 3.40. The lowest BCUT2D eigenvalue weighted by atomic mass is 10.2. The first-order chi connectivity index (χ1) is 13.7. The van der Waals surface area contributed by atoms with E-state index in [9.17, 15) is 26.7 Å². The number of piperazine rings is 1. The zero-order valence-corrected chi connectivity index (χ0v) is 16.2. The molecule has 0 spiro atoms. The molecule has 0 unspecified atom stereocenters. The monoisotopic (exact) mass is 450 g/mol. The molecular formula is C19H13Cl2F5N2O. The summed E-state index contributed by atoms with van der Waals surface area (Å²) >= 11 is 11.8. The van der Waals surface area contributed by atoms with Gasteiger partial charge in [0.2, 0.25) is 11.7 Å². The normalized spacial score (nSPS) is 14.7. The predicted molar refractivity (Wildman–Crippen MR) is 101 cm³/mol. The van der Waals surface area contributed by atoms with Crippen LogP contribution in [0.4, 0.5) is 27.6 Å². The van der Waals surface area contributed by atoms with Crippen molar-refractivity contribution in [2.24, 2.45) is 0 Å². The summed E-state index contributed by atoms with van der Waals surface area (Å²) < 4.78 is 67.9. The highest BCUT2D eigenvalue weighted by atomic mass is 35.5. The summed E-state index contributed by atoms with van der Waals surface area (Å²) in [5, 5.41) is 0.806. The van der Waals surface area contributed by atoms with Crippen molar-refractivity contribution in [1.82, 2.24) is 4.90 Å². The third kappa shape index (κ3) is 4.33. The second-order valence-electron chi connectivity index (χ2n) is 6.23. The summed E-state index contributed by atoms with van der Waals surface area (Å²) in [4.78, 5) is 14.7. The van der Waals surface area contributed by atoms with Crippen molar-refractivity contribution in [2.45, 2.75) is 0 Å². The standard InChI is InChI=1S/C19H13Cl2F5N2O/c20-11-3-1-10(12(21)9-11)2-4-13(29)27-5-7-28(8-6-27)19-17(25)15(23)14(22)16(24)18(19)26/h1-4,9H,5-8H2/b4-2+. The highest BCUT2D eigenvalue weighted by Gasteiger charge is 2.31. The first-order valence-electron chi connectivity index (χ1n) is 8.39. The summed E-state index contributed by atoms with van der Waals surface area (Å²) in [6.45, 7) is -0.118. The number of carbonyl (C=O) groups is 1. The quantitative estimate of drug-likeness (QED) is 0.282. The molecule has 2 aromatic carbocycles. The van der Waals surface area contributed by atoms with Gasteiger partial charge in [0.15, 0.2) is 23.3 Å². The van der Waals surface area contributed by atoms with E-state index < -0.39 is 34.8 Å². The second-order valence-corrected chi connectivity index (χ2v) is 7.07. The maximum Gasteiger partial charge on any atom is 0.246 e. The number of hydrogen-bond donors (Lipinski definition) is 0. The van der Waals surface area contributed by atoms with Crippen molar-refractivity contribution in [3.05, 3.63) is 69.0 Å². The van der Waals surface area contributed by atoms with Crippen LogP contribution in [0.3, 0.4) is 0 Å². The van der Waals surface area contributed by atoms with Crippen molar-refractivity contribution in [3.8, 4) is 0 Å². The van der Waals surface area contributed by atoms with Crippen LogP contribution < -0.4 is 4.90 Å². The van der Waals surface area contributed by atoms with Crippen LogP contribution in [0.15, 0.2) is 24.3 Å². The smallest absolute Gasteiger partial charge is 0.246 e. The van der Waals surface area contributed by atoms with E-state index in [1.54, 1.807) is 12.1 Å². The summed E-state index contributed by atoms with van der Waals surface area (Å²) in [5.41, 5.74) is -0.415. The zero-order chi connectivity index (χ0) is 21.3. The van der Waals surface area contributed by atoms with Gasteiger partial charge in [-0.1, -0.05) is 29.3 Å². The van der Waals surface area contributed by atoms with Crippen LogP contribution in [0, 0.1) is 29.1 Å². The molecule has 1 aliphatic rings. The Labute approximate surface area is 172 Å². The van der Waals surface area contributed by atoms with Gasteiger partial charge in [0.25, 0.3) is 0 Å². The summed E-state index contributed by atoms with van der Waals surface area (Å²) in [6, 6.07) is 4.77. The van der Waals surface area contributed by atoms with E-state index in [4.69, 9.17) is 23.2 Å². The maximum atomic E-state index is 13.9. The number of halogens is 7. The number of benzene rings is 2. The molecule has 2 aromatic rings. The second kappa shape index (κ2) is 8.59. The van der Waals surface area contributed by atoms with E-state index in [2.05, 4.69) is 0 Å². The molecule has 10 heteroatoms. The molecule has 29 heavy (non-hydrogen) atoms. The van der Waals surface area contributed by atoms with Crippen molar-refractivity contribution in [3.63, 3.8) is 0 Å². The first kappa shape index (κ1) is 21.4. The molecule has 1 saturated heterocycles. The lowest BCUT2D eigenvalue weighted by Gasteiger charge is -2.36. The Hall–Kier alpha value is -2.32. The third-order valence-electron chi connectivity index (χ3n) is 4.46. The first-order valence-corrected chi connectivity index (χ1v) is 9.14. The largest absolute Gasteiger partial charge is 0.363 e. The molecular weight excluding hydrogens is 438 g/mol. The van der Waals surface area contributed by atoms with Gasteiger partial charge in [-0.25, -0.2) is 22.0 Å². The summed E-state index contributed by atoms with van der Waals surface area (Å²) in [7, 11) is 0. The molecule has 3 rings (SSSR count). The van der Waals surface area contributed by atoms with Gasteiger partial charge < -0.3 is 9.80 Å². The summed E-state index contributed by atoms with van der Waals surface area (Å²) in [6.07, 6.45) is 2.78. The van der Waals surface area contributed by atoms with Crippen LogP contribution in [-0.4, -0.2) is 37.0 Å². The van der Waals surface area contributed by atoms with Crippen LogP contribution >= 0.6 is 23.2 Å². The Bertz CT molecular complexity index is 962. The number of nitrogens with zero attached hydrogens (tertiary/aromatic N) is 2. The van der Waals surface area contributed by atoms with Crippen LogP contribution in [-0.2, 0) is 4.79 Å². The molecule has 0 N–H and O–H groups in total. The van der Waals surface area contributed by atoms with Crippen LogP contribution in [0.25, 0.3) is 6.08 Å². The molecule has 0 atom stereocenters. The maximum absolute atomic E-state index is 13.9. The minimum Gasteiger partial charge on any atom is -0.363 e. The van der Waals surface area contributed by atoms with E-state index >= 15 is 0 Å². The van der Waals surface area contributed by atoms with Gasteiger partial charge in [0.05, 0.1) is 0 Å². The van der Waals surface area contributed by atoms with Gasteiger partial charge in [0, 0.05) is 42.3 Å². The summed E-state index contributed by atoms with van der Waals surface area (Å²) in [5.74, 6) is -10.4. The molecule has 1 heterocycles. The number of amides is 1. The molecule has 0 bridgehead atoms. The SMILES string of the molecule is O=C(/C=C/c1ccc(Cl)cc1Cl)N1CCN(c2c(F)c(F)c(F)c(F)c2F)CC1. The lowest BCUT2D eigenvalue weighted by molar-refractivity contribution is -0.126. The van der Waals surface area contributed by atoms with Crippen LogP contribution in [0.2, 0.25) is 10.0 Å². The highest BCUT2D eigenvalue weighted by molar-refractivity contribution is 6.35. The van der Waals surface area contributed by atoms with Gasteiger partial charge in [-0.05, 0) is 23.8 Å². The van der Waals surface area contributed by atoms with E-state index in [1.165, 1.54) is 23.1 Å². The van der Waals surface area contributed by atoms with Gasteiger partial charge in [0.1, 0.15) is 5.69 Å². The predicted octanol–water partition coefficient (Wildman–Crippen LogP) is 5.05. The number of hydrogen-bond acceptors (Lipinski definition) is 2. The molecule has 1 fully saturated rings. The molecule has 3 nitrogen and oxygen atoms in total. The highest BCUT2D eigenvalue weighted by Crippen LogP contribution is 2.31. The molecule has 0 saturated carbocycles. The molecule has 1 amide bonds. The Morgan fingerprint density at radius 3 is 1.97 bits per heavy atom. The Kier molecular flexibility index (Phi) is 6.33. The number of anilines is 1. The average molecular weight is 451 g/mol. The van der Waals surface area contributed by atoms with E-state index in [0.717, 1.165) is 4.90 Å². The molecule has 1 aliphatic heterocycles. The van der Waals surface area contributed by atoms with Gasteiger partial charge in [-0.15, -0.1) is 0 Å². The Morgan fingerprint density at radius 2 is 1.41 bits per heavy atom. The minimum atomic E-state index is -2.21.